The summed E-state index contributed by atoms with van der Waals surface area (Å²) in [7, 11) is 4.95. The summed E-state index contributed by atoms with van der Waals surface area (Å²) in [6.07, 6.45) is 0. The van der Waals surface area contributed by atoms with Gasteiger partial charge in [0.25, 0.3) is 0 Å². The van der Waals surface area contributed by atoms with Gasteiger partial charge < -0.3 is 23.7 Å². The van der Waals surface area contributed by atoms with Gasteiger partial charge in [0.2, 0.25) is 0 Å². The Morgan fingerprint density at radius 2 is 0.853 bits per heavy atom. The fourth-order valence-electron chi connectivity index (χ4n) is 3.28. The van der Waals surface area contributed by atoms with Crippen molar-refractivity contribution in [2.24, 2.45) is 0 Å². The van der Waals surface area contributed by atoms with Gasteiger partial charge in [0, 0.05) is 5.56 Å². The number of hydrogen-bond acceptors (Lipinski definition) is 11. The van der Waals surface area contributed by atoms with Crippen molar-refractivity contribution in [3.63, 3.8) is 0 Å². The number of benzene rings is 2. The third-order valence-corrected chi connectivity index (χ3v) is 4.75. The Hall–Kier alpha value is -4.72. The Morgan fingerprint density at radius 1 is 0.559 bits per heavy atom. The van der Waals surface area contributed by atoms with E-state index in [9.17, 15) is 24.0 Å². The van der Waals surface area contributed by atoms with Gasteiger partial charge >= 0.3 is 29.8 Å². The lowest BCUT2D eigenvalue weighted by Crippen LogP contribution is -2.27. The topological polar surface area (TPSA) is 155 Å². The summed E-state index contributed by atoms with van der Waals surface area (Å²) >= 11 is 0. The van der Waals surface area contributed by atoms with Crippen molar-refractivity contribution in [2.45, 2.75) is 0 Å². The van der Waals surface area contributed by atoms with E-state index in [1.54, 1.807) is 0 Å². The second-order valence-corrected chi connectivity index (χ2v) is 6.40. The molecule has 2 aromatic carbocycles. The number of esters is 5. The fraction of sp³-hybridized carbons (Fsp3) is 0.217. The smallest absolute Gasteiger partial charge is 0.339 e. The van der Waals surface area contributed by atoms with Crippen molar-refractivity contribution < 1.29 is 47.7 Å². The number of nitriles is 1. The molecule has 0 aromatic heterocycles. The highest BCUT2D eigenvalue weighted by Gasteiger charge is 2.40. The molecular weight excluding hydrogens is 450 g/mol. The molecule has 0 aliphatic carbocycles. The van der Waals surface area contributed by atoms with Crippen molar-refractivity contribution in [3.05, 3.63) is 57.6 Å². The normalized spacial score (nSPS) is 9.88. The molecule has 11 nitrogen and oxygen atoms in total. The second-order valence-electron chi connectivity index (χ2n) is 6.40. The van der Waals surface area contributed by atoms with Crippen molar-refractivity contribution in [1.82, 2.24) is 0 Å². The highest BCUT2D eigenvalue weighted by Crippen LogP contribution is 2.38. The van der Waals surface area contributed by atoms with E-state index in [0.717, 1.165) is 35.5 Å². The van der Waals surface area contributed by atoms with E-state index in [0.29, 0.717) is 0 Å². The maximum atomic E-state index is 12.9. The molecule has 0 saturated carbocycles. The van der Waals surface area contributed by atoms with Gasteiger partial charge in [-0.1, -0.05) is 12.1 Å². The van der Waals surface area contributed by atoms with E-state index in [1.807, 2.05) is 6.07 Å². The molecule has 2 aromatic rings. The third kappa shape index (κ3) is 4.42. The van der Waals surface area contributed by atoms with Crippen LogP contribution in [0.15, 0.2) is 24.3 Å². The summed E-state index contributed by atoms with van der Waals surface area (Å²) < 4.78 is 23.9. The first-order chi connectivity index (χ1) is 16.2. The Balaban J connectivity index is 3.37. The van der Waals surface area contributed by atoms with Crippen LogP contribution in [0.4, 0.5) is 0 Å². The van der Waals surface area contributed by atoms with Gasteiger partial charge in [0.15, 0.2) is 0 Å². The molecule has 0 spiro atoms. The van der Waals surface area contributed by atoms with Crippen molar-refractivity contribution >= 4 is 29.8 Å². The van der Waals surface area contributed by atoms with Crippen LogP contribution in [0.1, 0.15) is 57.4 Å². The molecule has 0 bridgehead atoms. The number of hydrogen-bond donors (Lipinski definition) is 0. The molecule has 0 atom stereocenters. The maximum Gasteiger partial charge on any atom is 0.339 e. The van der Waals surface area contributed by atoms with Crippen LogP contribution in [0.5, 0.6) is 0 Å². The summed E-state index contributed by atoms with van der Waals surface area (Å²) in [6, 6.07) is 7.41. The average molecular weight is 469 g/mol. The zero-order chi connectivity index (χ0) is 25.6. The Labute approximate surface area is 193 Å². The lowest BCUT2D eigenvalue weighted by molar-refractivity contribution is 0.0512. The van der Waals surface area contributed by atoms with Crippen LogP contribution in [0, 0.1) is 11.3 Å². The van der Waals surface area contributed by atoms with Crippen LogP contribution in [-0.2, 0) is 23.7 Å². The number of carbonyl (C=O) groups excluding carboxylic acids is 5. The molecule has 11 heteroatoms. The minimum absolute atomic E-state index is 0.117. The molecule has 176 valence electrons. The summed E-state index contributed by atoms with van der Waals surface area (Å²) in [6.45, 7) is 0. The first-order valence-corrected chi connectivity index (χ1v) is 9.38. The average Bonchev–Trinajstić information content (AvgIpc) is 2.88. The van der Waals surface area contributed by atoms with Gasteiger partial charge in [-0.2, -0.15) is 5.26 Å². The lowest BCUT2D eigenvalue weighted by atomic mass is 9.83. The highest BCUT2D eigenvalue weighted by atomic mass is 16.5. The molecule has 0 aliphatic rings. The molecule has 34 heavy (non-hydrogen) atoms. The van der Waals surface area contributed by atoms with Crippen LogP contribution in [-0.4, -0.2) is 65.4 Å². The Morgan fingerprint density at radius 3 is 1.15 bits per heavy atom. The molecule has 0 saturated heterocycles. The van der Waals surface area contributed by atoms with Gasteiger partial charge in [0.1, 0.15) is 0 Å². The molecule has 0 heterocycles. The van der Waals surface area contributed by atoms with E-state index in [2.05, 4.69) is 0 Å². The number of ether oxygens (including phenoxy) is 5. The highest BCUT2D eigenvalue weighted by molar-refractivity contribution is 6.23. The summed E-state index contributed by atoms with van der Waals surface area (Å²) in [5.74, 6) is -5.89. The van der Waals surface area contributed by atoms with E-state index in [4.69, 9.17) is 28.9 Å². The fourth-order valence-corrected chi connectivity index (χ4v) is 3.28. The standard InChI is InChI=1S/C23H19NO10/c1-30-19(25)14-13(12-8-6-11(10-24)7-9-12)15(20(26)31-2)17(22(28)33-4)18(23(29)34-5)16(14)21(27)32-3/h6-9H,1-5H3. The van der Waals surface area contributed by atoms with Gasteiger partial charge in [-0.15, -0.1) is 0 Å². The number of methoxy groups -OCH3 is 5. The number of carbonyl (C=O) groups is 5. The third-order valence-electron chi connectivity index (χ3n) is 4.75. The zero-order valence-corrected chi connectivity index (χ0v) is 18.8. The quantitative estimate of drug-likeness (QED) is 0.451. The van der Waals surface area contributed by atoms with Crippen LogP contribution < -0.4 is 0 Å². The zero-order valence-electron chi connectivity index (χ0n) is 18.8. The van der Waals surface area contributed by atoms with E-state index < -0.39 is 57.7 Å². The maximum absolute atomic E-state index is 12.9. The largest absolute Gasteiger partial charge is 0.465 e. The molecule has 0 fully saturated rings. The molecule has 0 radical (unpaired) electrons. The molecule has 0 aliphatic heterocycles. The predicted molar refractivity (Wildman–Crippen MR) is 113 cm³/mol. The number of rotatable bonds is 6. The van der Waals surface area contributed by atoms with E-state index in [-0.39, 0.29) is 16.7 Å². The van der Waals surface area contributed by atoms with E-state index in [1.165, 1.54) is 24.3 Å². The van der Waals surface area contributed by atoms with Gasteiger partial charge in [0.05, 0.1) is 75.0 Å². The first kappa shape index (κ1) is 25.5. The van der Waals surface area contributed by atoms with Crippen LogP contribution in [0.3, 0.4) is 0 Å². The Kier molecular flexibility index (Phi) is 8.06. The number of nitrogens with zero attached hydrogens (tertiary/aromatic N) is 1. The van der Waals surface area contributed by atoms with Crippen molar-refractivity contribution in [1.29, 1.82) is 5.26 Å². The molecule has 0 amide bonds. The van der Waals surface area contributed by atoms with Gasteiger partial charge in [-0.05, 0) is 17.7 Å². The summed E-state index contributed by atoms with van der Waals surface area (Å²) in [5.41, 5.74) is -3.17. The summed E-state index contributed by atoms with van der Waals surface area (Å²) in [4.78, 5) is 64.4. The lowest BCUT2D eigenvalue weighted by Gasteiger charge is -2.22. The monoisotopic (exact) mass is 469 g/mol. The molecule has 0 unspecified atom stereocenters. The summed E-state index contributed by atoms with van der Waals surface area (Å²) in [5, 5.41) is 9.11. The second kappa shape index (κ2) is 10.7. The minimum atomic E-state index is -1.23. The first-order valence-electron chi connectivity index (χ1n) is 9.38. The molecular formula is C23H19NO10. The predicted octanol–water partition coefficient (Wildman–Crippen LogP) is 2.16. The Bertz CT molecular complexity index is 1160. The van der Waals surface area contributed by atoms with Crippen LogP contribution in [0.2, 0.25) is 0 Å². The van der Waals surface area contributed by atoms with Crippen molar-refractivity contribution in [2.75, 3.05) is 35.5 Å². The minimum Gasteiger partial charge on any atom is -0.465 e. The van der Waals surface area contributed by atoms with Crippen molar-refractivity contribution in [3.8, 4) is 17.2 Å². The SMILES string of the molecule is COC(=O)c1c(C(=O)OC)c(C(=O)OC)c(-c2ccc(C#N)cc2)c(C(=O)OC)c1C(=O)OC. The van der Waals surface area contributed by atoms with E-state index >= 15 is 0 Å². The molecule has 0 N–H and O–H groups in total. The molecule has 2 rings (SSSR count). The van der Waals surface area contributed by atoms with Crippen LogP contribution >= 0.6 is 0 Å². The van der Waals surface area contributed by atoms with Gasteiger partial charge in [-0.3, -0.25) is 0 Å². The van der Waals surface area contributed by atoms with Crippen LogP contribution in [0.25, 0.3) is 11.1 Å². The van der Waals surface area contributed by atoms with Gasteiger partial charge in [-0.25, -0.2) is 24.0 Å².